The molecular formula is C9H6Cl2N4O2S. The van der Waals surface area contributed by atoms with Crippen molar-refractivity contribution in [2.24, 2.45) is 0 Å². The monoisotopic (exact) mass is 304 g/mol. The molecule has 0 bridgehead atoms. The number of halogens is 2. The van der Waals surface area contributed by atoms with Crippen LogP contribution in [0.15, 0.2) is 35.5 Å². The third kappa shape index (κ3) is 3.06. The van der Waals surface area contributed by atoms with E-state index in [2.05, 4.69) is 19.7 Å². The van der Waals surface area contributed by atoms with Crippen molar-refractivity contribution in [3.63, 3.8) is 0 Å². The van der Waals surface area contributed by atoms with E-state index in [0.717, 1.165) is 6.20 Å². The maximum absolute atomic E-state index is 11.9. The van der Waals surface area contributed by atoms with E-state index in [4.69, 9.17) is 23.2 Å². The molecule has 2 aromatic heterocycles. The molecule has 0 aromatic carbocycles. The van der Waals surface area contributed by atoms with Crippen LogP contribution in [0.4, 0.5) is 5.95 Å². The Labute approximate surface area is 113 Å². The van der Waals surface area contributed by atoms with Crippen molar-refractivity contribution in [1.82, 2.24) is 15.0 Å². The zero-order chi connectivity index (χ0) is 13.2. The molecule has 2 rings (SSSR count). The second kappa shape index (κ2) is 5.05. The van der Waals surface area contributed by atoms with Crippen LogP contribution in [0.3, 0.4) is 0 Å². The first-order chi connectivity index (χ1) is 8.47. The summed E-state index contributed by atoms with van der Waals surface area (Å²) in [5.74, 6) is -0.113. The molecule has 0 fully saturated rings. The first-order valence-corrected chi connectivity index (χ1v) is 6.84. The van der Waals surface area contributed by atoms with Crippen molar-refractivity contribution < 1.29 is 8.42 Å². The summed E-state index contributed by atoms with van der Waals surface area (Å²) in [5.41, 5.74) is 0. The zero-order valence-electron chi connectivity index (χ0n) is 8.71. The van der Waals surface area contributed by atoms with Gasteiger partial charge in [0.2, 0.25) is 5.95 Å². The lowest BCUT2D eigenvalue weighted by atomic mass is 10.5. The van der Waals surface area contributed by atoms with E-state index in [1.54, 1.807) is 0 Å². The maximum atomic E-state index is 11.9. The summed E-state index contributed by atoms with van der Waals surface area (Å²) >= 11 is 11.2. The smallest absolute Gasteiger partial charge is 0.247 e. The van der Waals surface area contributed by atoms with Gasteiger partial charge in [-0.3, -0.25) is 0 Å². The molecule has 0 aliphatic rings. The van der Waals surface area contributed by atoms with Gasteiger partial charge < -0.3 is 0 Å². The van der Waals surface area contributed by atoms with Gasteiger partial charge in [0.1, 0.15) is 15.2 Å². The number of nitrogens with zero attached hydrogens (tertiary/aromatic N) is 3. The molecule has 0 aliphatic heterocycles. The van der Waals surface area contributed by atoms with Crippen molar-refractivity contribution >= 4 is 39.2 Å². The van der Waals surface area contributed by atoms with Gasteiger partial charge in [0, 0.05) is 12.4 Å². The SMILES string of the molecule is O=S(=O)(Nc1nccc(Cl)n1)c1ccc(Cl)nc1. The van der Waals surface area contributed by atoms with Crippen LogP contribution >= 0.6 is 23.2 Å². The Hall–Kier alpha value is -1.44. The minimum absolute atomic E-state index is 0.0459. The molecule has 2 heterocycles. The van der Waals surface area contributed by atoms with Crippen molar-refractivity contribution in [2.45, 2.75) is 4.90 Å². The van der Waals surface area contributed by atoms with Gasteiger partial charge in [-0.25, -0.2) is 28.1 Å². The highest BCUT2D eigenvalue weighted by molar-refractivity contribution is 7.92. The number of aromatic nitrogens is 3. The van der Waals surface area contributed by atoms with Crippen LogP contribution in [0.1, 0.15) is 0 Å². The number of anilines is 1. The van der Waals surface area contributed by atoms with Gasteiger partial charge in [0.15, 0.2) is 0 Å². The van der Waals surface area contributed by atoms with Crippen LogP contribution in [-0.2, 0) is 10.0 Å². The number of hydrogen-bond donors (Lipinski definition) is 1. The van der Waals surface area contributed by atoms with E-state index >= 15 is 0 Å². The Kier molecular flexibility index (Phi) is 3.65. The van der Waals surface area contributed by atoms with Gasteiger partial charge in [-0.15, -0.1) is 0 Å². The predicted octanol–water partition coefficient (Wildman–Crippen LogP) is 1.98. The van der Waals surface area contributed by atoms with E-state index in [0.29, 0.717) is 0 Å². The molecule has 1 N–H and O–H groups in total. The molecule has 6 nitrogen and oxygen atoms in total. The number of rotatable bonds is 3. The minimum Gasteiger partial charge on any atom is -0.247 e. The molecule has 0 unspecified atom stereocenters. The molecule has 9 heteroatoms. The molecule has 94 valence electrons. The Bertz CT molecular complexity index is 661. The van der Waals surface area contributed by atoms with E-state index in [9.17, 15) is 8.42 Å². The average Bonchev–Trinajstić information content (AvgIpc) is 2.29. The van der Waals surface area contributed by atoms with E-state index in [1.165, 1.54) is 24.4 Å². The molecular weight excluding hydrogens is 299 g/mol. The first-order valence-electron chi connectivity index (χ1n) is 4.60. The van der Waals surface area contributed by atoms with Crippen LogP contribution in [0, 0.1) is 0 Å². The van der Waals surface area contributed by atoms with Gasteiger partial charge in [-0.1, -0.05) is 23.2 Å². The van der Waals surface area contributed by atoms with Crippen molar-refractivity contribution in [2.75, 3.05) is 4.72 Å². The highest BCUT2D eigenvalue weighted by Gasteiger charge is 2.16. The lowest BCUT2D eigenvalue weighted by Gasteiger charge is -2.05. The number of hydrogen-bond acceptors (Lipinski definition) is 5. The Morgan fingerprint density at radius 1 is 1.06 bits per heavy atom. The highest BCUT2D eigenvalue weighted by Crippen LogP contribution is 2.14. The lowest BCUT2D eigenvalue weighted by molar-refractivity contribution is 0.600. The van der Waals surface area contributed by atoms with E-state index in [1.807, 2.05) is 0 Å². The zero-order valence-corrected chi connectivity index (χ0v) is 11.0. The fourth-order valence-electron chi connectivity index (χ4n) is 1.09. The van der Waals surface area contributed by atoms with Gasteiger partial charge in [0.05, 0.1) is 0 Å². The summed E-state index contributed by atoms with van der Waals surface area (Å²) < 4.78 is 26.0. The molecule has 0 saturated heterocycles. The Balaban J connectivity index is 2.30. The van der Waals surface area contributed by atoms with Gasteiger partial charge in [-0.05, 0) is 18.2 Å². The standard InChI is InChI=1S/C9H6Cl2N4O2S/c10-7-2-1-6(5-13-7)18(16,17)15-9-12-4-3-8(11)14-9/h1-5H,(H,12,14,15). The quantitative estimate of drug-likeness (QED) is 0.692. The second-order valence-electron chi connectivity index (χ2n) is 3.13. The van der Waals surface area contributed by atoms with Crippen molar-refractivity contribution in [3.8, 4) is 0 Å². The third-order valence-corrected chi connectivity index (χ3v) is 3.61. The fraction of sp³-hybridized carbons (Fsp3) is 0. The van der Waals surface area contributed by atoms with Crippen molar-refractivity contribution in [3.05, 3.63) is 40.9 Å². The van der Waals surface area contributed by atoms with Crippen LogP contribution in [-0.4, -0.2) is 23.4 Å². The minimum atomic E-state index is -3.80. The molecule has 0 amide bonds. The van der Waals surface area contributed by atoms with Gasteiger partial charge >= 0.3 is 0 Å². The molecule has 0 radical (unpaired) electrons. The Morgan fingerprint density at radius 2 is 1.83 bits per heavy atom. The average molecular weight is 305 g/mol. The summed E-state index contributed by atoms with van der Waals surface area (Å²) in [6.45, 7) is 0. The number of sulfonamides is 1. The molecule has 0 saturated carbocycles. The third-order valence-electron chi connectivity index (χ3n) is 1.86. The van der Waals surface area contributed by atoms with E-state index in [-0.39, 0.29) is 21.2 Å². The first kappa shape index (κ1) is 13.0. The normalized spacial score (nSPS) is 11.2. The van der Waals surface area contributed by atoms with Crippen LogP contribution < -0.4 is 4.72 Å². The highest BCUT2D eigenvalue weighted by atomic mass is 35.5. The molecule has 0 atom stereocenters. The molecule has 0 spiro atoms. The summed E-state index contributed by atoms with van der Waals surface area (Å²) in [4.78, 5) is 11.1. The summed E-state index contributed by atoms with van der Waals surface area (Å²) in [7, 11) is -3.80. The van der Waals surface area contributed by atoms with Crippen molar-refractivity contribution in [1.29, 1.82) is 0 Å². The number of nitrogens with one attached hydrogen (secondary N) is 1. The topological polar surface area (TPSA) is 84.8 Å². The predicted molar refractivity (Wildman–Crippen MR) is 67.1 cm³/mol. The van der Waals surface area contributed by atoms with Crippen LogP contribution in [0.25, 0.3) is 0 Å². The summed E-state index contributed by atoms with van der Waals surface area (Å²) in [5, 5.41) is 0.338. The Morgan fingerprint density at radius 3 is 2.44 bits per heavy atom. The summed E-state index contributed by atoms with van der Waals surface area (Å²) in [6, 6.07) is 4.13. The fourth-order valence-corrected chi connectivity index (χ4v) is 2.23. The number of pyridine rings is 1. The molecule has 0 aliphatic carbocycles. The van der Waals surface area contributed by atoms with Crippen LogP contribution in [0.5, 0.6) is 0 Å². The van der Waals surface area contributed by atoms with Gasteiger partial charge in [0.25, 0.3) is 10.0 Å². The van der Waals surface area contributed by atoms with Crippen LogP contribution in [0.2, 0.25) is 10.3 Å². The lowest BCUT2D eigenvalue weighted by Crippen LogP contribution is -2.15. The summed E-state index contributed by atoms with van der Waals surface area (Å²) in [6.07, 6.45) is 2.47. The molecule has 2 aromatic rings. The van der Waals surface area contributed by atoms with E-state index < -0.39 is 10.0 Å². The largest absolute Gasteiger partial charge is 0.265 e. The second-order valence-corrected chi connectivity index (χ2v) is 5.58. The van der Waals surface area contributed by atoms with Gasteiger partial charge in [-0.2, -0.15) is 0 Å². The molecule has 18 heavy (non-hydrogen) atoms. The maximum Gasteiger partial charge on any atom is 0.265 e.